The third-order valence-electron chi connectivity index (χ3n) is 3.21. The molecule has 0 saturated carbocycles. The summed E-state index contributed by atoms with van der Waals surface area (Å²) in [7, 11) is 0. The standard InChI is InChI=1S/C16H15ClF2O/c17-14-3-1-11(2-4-14)7-12(10-20)8-13-9-15(18)5-6-16(13)19/h1-6,9,12,20H,7-8,10H2. The molecule has 0 spiro atoms. The minimum absolute atomic E-state index is 0.0847. The van der Waals surface area contributed by atoms with E-state index in [-0.39, 0.29) is 18.1 Å². The first-order valence-corrected chi connectivity index (χ1v) is 6.75. The molecule has 2 aromatic carbocycles. The fraction of sp³-hybridized carbons (Fsp3) is 0.250. The molecule has 0 amide bonds. The second-order valence-corrected chi connectivity index (χ2v) is 5.26. The summed E-state index contributed by atoms with van der Waals surface area (Å²) in [5.74, 6) is -1.07. The summed E-state index contributed by atoms with van der Waals surface area (Å²) < 4.78 is 26.7. The monoisotopic (exact) mass is 296 g/mol. The van der Waals surface area contributed by atoms with Crippen LogP contribution >= 0.6 is 11.6 Å². The zero-order valence-corrected chi connectivity index (χ0v) is 11.6. The lowest BCUT2D eigenvalue weighted by Crippen LogP contribution is -2.14. The highest BCUT2D eigenvalue weighted by atomic mass is 35.5. The Morgan fingerprint density at radius 3 is 2.35 bits per heavy atom. The molecule has 0 aliphatic heterocycles. The van der Waals surface area contributed by atoms with E-state index < -0.39 is 11.6 Å². The molecular formula is C16H15ClF2O. The highest BCUT2D eigenvalue weighted by molar-refractivity contribution is 6.30. The Balaban J connectivity index is 2.08. The van der Waals surface area contributed by atoms with E-state index in [0.717, 1.165) is 17.7 Å². The molecule has 106 valence electrons. The zero-order valence-electron chi connectivity index (χ0n) is 10.8. The molecule has 0 bridgehead atoms. The van der Waals surface area contributed by atoms with Crippen molar-refractivity contribution in [1.82, 2.24) is 0 Å². The van der Waals surface area contributed by atoms with Crippen LogP contribution in [0.25, 0.3) is 0 Å². The van der Waals surface area contributed by atoms with Crippen molar-refractivity contribution in [2.75, 3.05) is 6.61 Å². The highest BCUT2D eigenvalue weighted by Crippen LogP contribution is 2.19. The van der Waals surface area contributed by atoms with Crippen molar-refractivity contribution < 1.29 is 13.9 Å². The summed E-state index contributed by atoms with van der Waals surface area (Å²) in [6.07, 6.45) is 0.881. The molecule has 0 aliphatic carbocycles. The van der Waals surface area contributed by atoms with Gasteiger partial charge in [0.05, 0.1) is 0 Å². The first-order valence-electron chi connectivity index (χ1n) is 6.37. The number of benzene rings is 2. The van der Waals surface area contributed by atoms with E-state index in [9.17, 15) is 13.9 Å². The Hall–Kier alpha value is -1.45. The summed E-state index contributed by atoms with van der Waals surface area (Å²) >= 11 is 5.81. The van der Waals surface area contributed by atoms with Crippen molar-refractivity contribution in [3.63, 3.8) is 0 Å². The van der Waals surface area contributed by atoms with Crippen LogP contribution in [0, 0.1) is 17.6 Å². The molecule has 1 atom stereocenters. The predicted octanol–water partition coefficient (Wildman–Crippen LogP) is 4.01. The predicted molar refractivity (Wildman–Crippen MR) is 75.8 cm³/mol. The number of hydrogen-bond acceptors (Lipinski definition) is 1. The minimum Gasteiger partial charge on any atom is -0.396 e. The first-order chi connectivity index (χ1) is 9.58. The molecule has 4 heteroatoms. The molecule has 1 unspecified atom stereocenters. The van der Waals surface area contributed by atoms with Gasteiger partial charge in [-0.1, -0.05) is 23.7 Å². The number of halogens is 3. The minimum atomic E-state index is -0.468. The smallest absolute Gasteiger partial charge is 0.126 e. The molecule has 0 saturated heterocycles. The van der Waals surface area contributed by atoms with Crippen LogP contribution in [0.15, 0.2) is 42.5 Å². The average Bonchev–Trinajstić information content (AvgIpc) is 2.44. The SMILES string of the molecule is OCC(Cc1ccc(Cl)cc1)Cc1cc(F)ccc1F. The van der Waals surface area contributed by atoms with Crippen LogP contribution in [-0.2, 0) is 12.8 Å². The molecule has 2 rings (SSSR count). The number of rotatable bonds is 5. The number of hydrogen-bond donors (Lipinski definition) is 1. The van der Waals surface area contributed by atoms with E-state index in [1.165, 1.54) is 6.07 Å². The molecule has 2 aromatic rings. The fourth-order valence-electron chi connectivity index (χ4n) is 2.17. The molecule has 0 aromatic heterocycles. The lowest BCUT2D eigenvalue weighted by Gasteiger charge is -2.15. The maximum Gasteiger partial charge on any atom is 0.126 e. The molecule has 20 heavy (non-hydrogen) atoms. The van der Waals surface area contributed by atoms with Crippen molar-refractivity contribution in [2.45, 2.75) is 12.8 Å². The second kappa shape index (κ2) is 6.82. The third-order valence-corrected chi connectivity index (χ3v) is 3.46. The van der Waals surface area contributed by atoms with Gasteiger partial charge in [-0.3, -0.25) is 0 Å². The number of aliphatic hydroxyl groups excluding tert-OH is 1. The van der Waals surface area contributed by atoms with Gasteiger partial charge in [-0.25, -0.2) is 8.78 Å². The Morgan fingerprint density at radius 1 is 1.00 bits per heavy atom. The molecular weight excluding hydrogens is 282 g/mol. The van der Waals surface area contributed by atoms with Crippen LogP contribution < -0.4 is 0 Å². The van der Waals surface area contributed by atoms with Crippen LogP contribution in [0.2, 0.25) is 5.02 Å². The van der Waals surface area contributed by atoms with E-state index in [1.54, 1.807) is 12.1 Å². The normalized spacial score (nSPS) is 12.4. The van der Waals surface area contributed by atoms with Gasteiger partial charge >= 0.3 is 0 Å². The van der Waals surface area contributed by atoms with Crippen LogP contribution in [0.1, 0.15) is 11.1 Å². The van der Waals surface area contributed by atoms with Crippen molar-refractivity contribution in [3.8, 4) is 0 Å². The van der Waals surface area contributed by atoms with Gasteiger partial charge in [0.2, 0.25) is 0 Å². The largest absolute Gasteiger partial charge is 0.396 e. The van der Waals surface area contributed by atoms with Crippen molar-refractivity contribution >= 4 is 11.6 Å². The average molecular weight is 297 g/mol. The lowest BCUT2D eigenvalue weighted by molar-refractivity contribution is 0.224. The first kappa shape index (κ1) is 14.9. The maximum atomic E-state index is 13.6. The number of aliphatic hydroxyl groups is 1. The van der Waals surface area contributed by atoms with E-state index in [0.29, 0.717) is 17.9 Å². The van der Waals surface area contributed by atoms with Crippen LogP contribution in [0.5, 0.6) is 0 Å². The zero-order chi connectivity index (χ0) is 14.5. The van der Waals surface area contributed by atoms with Gasteiger partial charge in [0.25, 0.3) is 0 Å². The Bertz CT molecular complexity index is 569. The molecule has 0 fully saturated rings. The Kier molecular flexibility index (Phi) is 5.10. The summed E-state index contributed by atoms with van der Waals surface area (Å²) in [6, 6.07) is 10.7. The maximum absolute atomic E-state index is 13.6. The van der Waals surface area contributed by atoms with Gasteiger partial charge in [0.15, 0.2) is 0 Å². The quantitative estimate of drug-likeness (QED) is 0.884. The van der Waals surface area contributed by atoms with Gasteiger partial charge in [-0.05, 0) is 60.2 Å². The van der Waals surface area contributed by atoms with Crippen molar-refractivity contribution in [3.05, 3.63) is 70.2 Å². The highest BCUT2D eigenvalue weighted by Gasteiger charge is 2.13. The van der Waals surface area contributed by atoms with Gasteiger partial charge < -0.3 is 5.11 Å². The molecule has 0 aliphatic rings. The van der Waals surface area contributed by atoms with Gasteiger partial charge in [0.1, 0.15) is 11.6 Å². The summed E-state index contributed by atoms with van der Waals surface area (Å²) in [4.78, 5) is 0. The van der Waals surface area contributed by atoms with E-state index in [4.69, 9.17) is 11.6 Å². The van der Waals surface area contributed by atoms with Crippen molar-refractivity contribution in [2.24, 2.45) is 5.92 Å². The third kappa shape index (κ3) is 4.02. The fourth-order valence-corrected chi connectivity index (χ4v) is 2.29. The van der Waals surface area contributed by atoms with Crippen LogP contribution in [-0.4, -0.2) is 11.7 Å². The summed E-state index contributed by atoms with van der Waals surface area (Å²) in [5, 5.41) is 10.1. The van der Waals surface area contributed by atoms with Crippen molar-refractivity contribution in [1.29, 1.82) is 0 Å². The summed E-state index contributed by atoms with van der Waals surface area (Å²) in [5.41, 5.74) is 1.29. The Labute approximate surface area is 121 Å². The molecule has 1 N–H and O–H groups in total. The Morgan fingerprint density at radius 2 is 1.70 bits per heavy atom. The van der Waals surface area contributed by atoms with Gasteiger partial charge in [-0.15, -0.1) is 0 Å². The van der Waals surface area contributed by atoms with Gasteiger partial charge in [-0.2, -0.15) is 0 Å². The van der Waals surface area contributed by atoms with E-state index >= 15 is 0 Å². The molecule has 1 nitrogen and oxygen atoms in total. The topological polar surface area (TPSA) is 20.2 Å². The van der Waals surface area contributed by atoms with Crippen LogP contribution in [0.4, 0.5) is 8.78 Å². The van der Waals surface area contributed by atoms with E-state index in [2.05, 4.69) is 0 Å². The molecule has 0 heterocycles. The second-order valence-electron chi connectivity index (χ2n) is 4.82. The molecule has 0 radical (unpaired) electrons. The lowest BCUT2D eigenvalue weighted by atomic mass is 9.93. The van der Waals surface area contributed by atoms with Gasteiger partial charge in [0, 0.05) is 11.6 Å². The van der Waals surface area contributed by atoms with Crippen LogP contribution in [0.3, 0.4) is 0 Å². The summed E-state index contributed by atoms with van der Waals surface area (Å²) in [6.45, 7) is -0.0847. The van der Waals surface area contributed by atoms with E-state index in [1.807, 2.05) is 12.1 Å².